The van der Waals surface area contributed by atoms with E-state index in [1.807, 2.05) is 26.0 Å². The Kier molecular flexibility index (Phi) is 6.84. The van der Waals surface area contributed by atoms with Crippen molar-refractivity contribution in [2.24, 2.45) is 0 Å². The predicted molar refractivity (Wildman–Crippen MR) is 129 cm³/mol. The van der Waals surface area contributed by atoms with E-state index in [4.69, 9.17) is 20.8 Å². The summed E-state index contributed by atoms with van der Waals surface area (Å²) >= 11 is 6.16. The molecule has 8 heteroatoms. The summed E-state index contributed by atoms with van der Waals surface area (Å²) in [6.07, 6.45) is 2.97. The van der Waals surface area contributed by atoms with Crippen LogP contribution in [0.1, 0.15) is 41.9 Å². The van der Waals surface area contributed by atoms with E-state index in [1.54, 1.807) is 42.5 Å². The molecule has 1 N–H and O–H groups in total. The number of carbonyl (C=O) groups is 3. The van der Waals surface area contributed by atoms with Gasteiger partial charge in [0.1, 0.15) is 17.1 Å². The van der Waals surface area contributed by atoms with Gasteiger partial charge in [-0.2, -0.15) is 0 Å². The van der Waals surface area contributed by atoms with Crippen LogP contribution in [0.4, 0.5) is 5.69 Å². The topological polar surface area (TPSA) is 88.9 Å². The first kappa shape index (κ1) is 23.3. The van der Waals surface area contributed by atoms with Gasteiger partial charge in [-0.1, -0.05) is 37.6 Å². The highest BCUT2D eigenvalue weighted by atomic mass is 35.5. The molecule has 3 aromatic rings. The monoisotopic (exact) mass is 478 g/mol. The van der Waals surface area contributed by atoms with Gasteiger partial charge in [-0.15, -0.1) is 0 Å². The normalized spacial score (nSPS) is 14.6. The molecule has 4 rings (SSSR count). The van der Waals surface area contributed by atoms with Crippen LogP contribution >= 0.6 is 11.6 Å². The van der Waals surface area contributed by atoms with Gasteiger partial charge >= 0.3 is 5.97 Å². The van der Waals surface area contributed by atoms with Crippen molar-refractivity contribution in [2.45, 2.75) is 26.7 Å². The molecular weight excluding hydrogens is 456 g/mol. The van der Waals surface area contributed by atoms with Gasteiger partial charge in [0.25, 0.3) is 11.8 Å². The number of nitrogens with zero attached hydrogens (tertiary/aromatic N) is 1. The molecule has 0 spiro atoms. The van der Waals surface area contributed by atoms with Crippen LogP contribution in [0.2, 0.25) is 5.02 Å². The Morgan fingerprint density at radius 2 is 1.85 bits per heavy atom. The standard InChI is InChI=1S/C26H23ClN2O5/c1-3-13-33-26(32)20-14-17(7-11-22(20)27)23-12-10-19(34-23)15-21-24(30)28-29(25(21)31)18-8-5-16(4-2)6-9-18/h5-12,14-15H,3-4,13H2,1-2H3,(H,28,30). The van der Waals surface area contributed by atoms with E-state index in [-0.39, 0.29) is 16.2 Å². The van der Waals surface area contributed by atoms with E-state index in [0.717, 1.165) is 12.0 Å². The van der Waals surface area contributed by atoms with Crippen molar-refractivity contribution in [1.82, 2.24) is 5.43 Å². The molecule has 174 valence electrons. The van der Waals surface area contributed by atoms with Crippen LogP contribution in [-0.4, -0.2) is 24.4 Å². The Morgan fingerprint density at radius 1 is 1.09 bits per heavy atom. The van der Waals surface area contributed by atoms with Crippen LogP contribution < -0.4 is 10.4 Å². The Labute approximate surface area is 201 Å². The number of benzene rings is 2. The SMILES string of the molecule is CCCOC(=O)c1cc(-c2ccc(C=C3C(=O)NN(c4ccc(CC)cc4)C3=O)o2)ccc1Cl. The van der Waals surface area contributed by atoms with Crippen molar-refractivity contribution < 1.29 is 23.5 Å². The Hall–Kier alpha value is -3.84. The number of rotatable bonds is 7. The molecule has 0 aliphatic carbocycles. The Morgan fingerprint density at radius 3 is 2.56 bits per heavy atom. The molecule has 2 aromatic carbocycles. The average molecular weight is 479 g/mol. The molecule has 0 saturated carbocycles. The number of halogens is 1. The number of anilines is 1. The fourth-order valence-corrected chi connectivity index (χ4v) is 3.65. The Balaban J connectivity index is 1.56. The van der Waals surface area contributed by atoms with E-state index in [1.165, 1.54) is 11.1 Å². The fraction of sp³-hybridized carbons (Fsp3) is 0.192. The maximum atomic E-state index is 12.9. The van der Waals surface area contributed by atoms with Crippen molar-refractivity contribution in [1.29, 1.82) is 0 Å². The summed E-state index contributed by atoms with van der Waals surface area (Å²) in [5, 5.41) is 1.49. The lowest BCUT2D eigenvalue weighted by molar-refractivity contribution is -0.117. The van der Waals surface area contributed by atoms with Crippen molar-refractivity contribution >= 4 is 41.1 Å². The van der Waals surface area contributed by atoms with Crippen LogP contribution in [0.15, 0.2) is 64.6 Å². The number of amides is 2. The van der Waals surface area contributed by atoms with Crippen LogP contribution in [0.25, 0.3) is 17.4 Å². The first-order valence-corrected chi connectivity index (χ1v) is 11.3. The number of carbonyl (C=O) groups excluding carboxylic acids is 3. The van der Waals surface area contributed by atoms with Gasteiger partial charge in [-0.25, -0.2) is 9.80 Å². The first-order valence-electron chi connectivity index (χ1n) is 10.9. The molecule has 1 aromatic heterocycles. The molecule has 2 heterocycles. The lowest BCUT2D eigenvalue weighted by atomic mass is 10.1. The second-order valence-electron chi connectivity index (χ2n) is 7.69. The molecule has 1 saturated heterocycles. The van der Waals surface area contributed by atoms with Crippen LogP contribution in [0, 0.1) is 0 Å². The van der Waals surface area contributed by atoms with Crippen molar-refractivity contribution in [3.05, 3.63) is 82.1 Å². The van der Waals surface area contributed by atoms with Gasteiger partial charge < -0.3 is 9.15 Å². The Bertz CT molecular complexity index is 1280. The molecule has 0 atom stereocenters. The summed E-state index contributed by atoms with van der Waals surface area (Å²) in [5.74, 6) is -0.731. The number of furan rings is 1. The highest BCUT2D eigenvalue weighted by Crippen LogP contribution is 2.29. The van der Waals surface area contributed by atoms with E-state index in [2.05, 4.69) is 5.43 Å². The van der Waals surface area contributed by atoms with Crippen LogP contribution in [-0.2, 0) is 20.7 Å². The summed E-state index contributed by atoms with van der Waals surface area (Å²) in [6.45, 7) is 4.24. The average Bonchev–Trinajstić information content (AvgIpc) is 3.43. The summed E-state index contributed by atoms with van der Waals surface area (Å²) in [6, 6.07) is 15.6. The largest absolute Gasteiger partial charge is 0.462 e. The summed E-state index contributed by atoms with van der Waals surface area (Å²) in [7, 11) is 0. The molecule has 7 nitrogen and oxygen atoms in total. The lowest BCUT2D eigenvalue weighted by Gasteiger charge is -2.14. The van der Waals surface area contributed by atoms with Crippen molar-refractivity contribution in [3.8, 4) is 11.3 Å². The second kappa shape index (κ2) is 9.97. The third-order valence-corrected chi connectivity index (χ3v) is 5.65. The minimum absolute atomic E-state index is 0.0413. The number of esters is 1. The van der Waals surface area contributed by atoms with E-state index in [9.17, 15) is 14.4 Å². The van der Waals surface area contributed by atoms with Crippen molar-refractivity contribution in [3.63, 3.8) is 0 Å². The van der Waals surface area contributed by atoms with E-state index < -0.39 is 17.8 Å². The minimum Gasteiger partial charge on any atom is -0.462 e. The summed E-state index contributed by atoms with van der Waals surface area (Å²) < 4.78 is 11.0. The summed E-state index contributed by atoms with van der Waals surface area (Å²) in [4.78, 5) is 37.6. The highest BCUT2D eigenvalue weighted by Gasteiger charge is 2.34. The maximum absolute atomic E-state index is 12.9. The molecule has 0 bridgehead atoms. The highest BCUT2D eigenvalue weighted by molar-refractivity contribution is 6.33. The number of hydrogen-bond acceptors (Lipinski definition) is 5. The molecular formula is C26H23ClN2O5. The van der Waals surface area contributed by atoms with Crippen LogP contribution in [0.5, 0.6) is 0 Å². The first-order chi connectivity index (χ1) is 16.4. The van der Waals surface area contributed by atoms with Crippen molar-refractivity contribution in [2.75, 3.05) is 11.6 Å². The molecule has 1 aliphatic rings. The van der Waals surface area contributed by atoms with Crippen LogP contribution in [0.3, 0.4) is 0 Å². The van der Waals surface area contributed by atoms with Gasteiger partial charge in [0.15, 0.2) is 0 Å². The van der Waals surface area contributed by atoms with Gasteiger partial charge in [0.2, 0.25) is 0 Å². The maximum Gasteiger partial charge on any atom is 0.339 e. The van der Waals surface area contributed by atoms with Gasteiger partial charge in [-0.3, -0.25) is 15.0 Å². The number of nitrogens with one attached hydrogen (secondary N) is 1. The number of ether oxygens (including phenoxy) is 1. The lowest BCUT2D eigenvalue weighted by Crippen LogP contribution is -2.35. The predicted octanol–water partition coefficient (Wildman–Crippen LogP) is 5.19. The molecule has 2 amide bonds. The zero-order valence-corrected chi connectivity index (χ0v) is 19.5. The second-order valence-corrected chi connectivity index (χ2v) is 8.10. The van der Waals surface area contributed by atoms with Gasteiger partial charge in [0.05, 0.1) is 22.9 Å². The molecule has 34 heavy (non-hydrogen) atoms. The zero-order chi connectivity index (χ0) is 24.2. The zero-order valence-electron chi connectivity index (χ0n) is 18.8. The number of hydrazine groups is 1. The van der Waals surface area contributed by atoms with E-state index >= 15 is 0 Å². The third-order valence-electron chi connectivity index (χ3n) is 5.32. The number of hydrogen-bond donors (Lipinski definition) is 1. The number of aryl methyl sites for hydroxylation is 1. The quantitative estimate of drug-likeness (QED) is 0.287. The molecule has 0 unspecified atom stereocenters. The molecule has 1 aliphatic heterocycles. The van der Waals surface area contributed by atoms with E-state index in [0.29, 0.717) is 35.8 Å². The molecule has 1 fully saturated rings. The van der Waals surface area contributed by atoms with Gasteiger partial charge in [0, 0.05) is 5.56 Å². The summed E-state index contributed by atoms with van der Waals surface area (Å²) in [5.41, 5.74) is 5.08. The fourth-order valence-electron chi connectivity index (χ4n) is 3.46. The third kappa shape index (κ3) is 4.75. The molecule has 0 radical (unpaired) electrons. The minimum atomic E-state index is -0.519. The smallest absolute Gasteiger partial charge is 0.339 e. The van der Waals surface area contributed by atoms with Gasteiger partial charge in [-0.05, 0) is 66.9 Å².